The van der Waals surface area contributed by atoms with E-state index in [4.69, 9.17) is 0 Å². The van der Waals surface area contributed by atoms with Crippen molar-refractivity contribution in [3.63, 3.8) is 0 Å². The van der Waals surface area contributed by atoms with Crippen LogP contribution in [0.4, 0.5) is 0 Å². The van der Waals surface area contributed by atoms with Gasteiger partial charge in [0.2, 0.25) is 5.91 Å². The monoisotopic (exact) mass is 288 g/mol. The van der Waals surface area contributed by atoms with E-state index in [1.807, 2.05) is 0 Å². The fourth-order valence-corrected chi connectivity index (χ4v) is 4.33. The van der Waals surface area contributed by atoms with Crippen LogP contribution in [0, 0.1) is 5.92 Å². The van der Waals surface area contributed by atoms with Gasteiger partial charge in [-0.15, -0.1) is 0 Å². The number of carbonyl (C=O) groups excluding carboxylic acids is 1. The number of carbonyl (C=O) groups is 1. The lowest BCUT2D eigenvalue weighted by atomic mass is 9.93. The second-order valence-electron chi connectivity index (χ2n) is 5.73. The van der Waals surface area contributed by atoms with Crippen LogP contribution in [0.15, 0.2) is 0 Å². The van der Waals surface area contributed by atoms with Crippen LogP contribution in [0.25, 0.3) is 0 Å². The molecular formula is C13H24N2O3S. The van der Waals surface area contributed by atoms with Gasteiger partial charge in [-0.3, -0.25) is 4.79 Å². The summed E-state index contributed by atoms with van der Waals surface area (Å²) in [6, 6.07) is 0.0593. The maximum Gasteiger partial charge on any atom is 0.220 e. The Labute approximate surface area is 115 Å². The Morgan fingerprint density at radius 3 is 2.37 bits per heavy atom. The smallest absolute Gasteiger partial charge is 0.220 e. The van der Waals surface area contributed by atoms with E-state index in [-0.39, 0.29) is 23.5 Å². The molecule has 2 aliphatic heterocycles. The van der Waals surface area contributed by atoms with E-state index < -0.39 is 9.84 Å². The van der Waals surface area contributed by atoms with E-state index in [1.165, 1.54) is 0 Å². The molecule has 0 radical (unpaired) electrons. The highest BCUT2D eigenvalue weighted by Gasteiger charge is 2.24. The van der Waals surface area contributed by atoms with Gasteiger partial charge >= 0.3 is 0 Å². The van der Waals surface area contributed by atoms with Crippen LogP contribution < -0.4 is 10.6 Å². The second kappa shape index (κ2) is 6.70. The van der Waals surface area contributed by atoms with Gasteiger partial charge < -0.3 is 10.6 Å². The molecule has 0 aromatic carbocycles. The van der Waals surface area contributed by atoms with Gasteiger partial charge in [0.15, 0.2) is 0 Å². The van der Waals surface area contributed by atoms with Crippen LogP contribution >= 0.6 is 0 Å². The Kier molecular flexibility index (Phi) is 5.21. The third-order valence-electron chi connectivity index (χ3n) is 4.16. The molecule has 2 aliphatic rings. The van der Waals surface area contributed by atoms with Crippen LogP contribution in [0.3, 0.4) is 0 Å². The lowest BCUT2D eigenvalue weighted by Crippen LogP contribution is -2.41. The number of amides is 1. The zero-order valence-electron chi connectivity index (χ0n) is 11.4. The summed E-state index contributed by atoms with van der Waals surface area (Å²) in [7, 11) is -2.84. The molecule has 6 heteroatoms. The molecule has 0 aromatic heterocycles. The number of nitrogens with one attached hydrogen (secondary N) is 2. The molecular weight excluding hydrogens is 264 g/mol. The number of rotatable bonds is 4. The van der Waals surface area contributed by atoms with Gasteiger partial charge in [0.25, 0.3) is 0 Å². The van der Waals surface area contributed by atoms with Gasteiger partial charge in [0.05, 0.1) is 11.5 Å². The Morgan fingerprint density at radius 2 is 1.74 bits per heavy atom. The molecule has 110 valence electrons. The summed E-state index contributed by atoms with van der Waals surface area (Å²) in [5.74, 6) is 1.18. The van der Waals surface area contributed by atoms with Crippen molar-refractivity contribution < 1.29 is 13.2 Å². The first-order valence-corrected chi connectivity index (χ1v) is 9.08. The van der Waals surface area contributed by atoms with Gasteiger partial charge in [-0.25, -0.2) is 8.42 Å². The SMILES string of the molecule is O=C(CCC1CCNCC1)NC1CCS(=O)(=O)CC1. The number of piperidine rings is 1. The van der Waals surface area contributed by atoms with E-state index in [0.29, 0.717) is 25.2 Å². The molecule has 19 heavy (non-hydrogen) atoms. The van der Waals surface area contributed by atoms with E-state index >= 15 is 0 Å². The molecule has 2 N–H and O–H groups in total. The summed E-state index contributed by atoms with van der Waals surface area (Å²) in [5.41, 5.74) is 0. The Hall–Kier alpha value is -0.620. The molecule has 0 unspecified atom stereocenters. The lowest BCUT2D eigenvalue weighted by Gasteiger charge is -2.25. The first-order chi connectivity index (χ1) is 9.05. The Balaban J connectivity index is 1.64. The zero-order valence-corrected chi connectivity index (χ0v) is 12.2. The molecule has 0 aromatic rings. The molecule has 0 spiro atoms. The first kappa shape index (κ1) is 14.8. The highest BCUT2D eigenvalue weighted by Crippen LogP contribution is 2.18. The van der Waals surface area contributed by atoms with Crippen LogP contribution in [0.2, 0.25) is 0 Å². The summed E-state index contributed by atoms with van der Waals surface area (Å²) in [6.07, 6.45) is 5.00. The lowest BCUT2D eigenvalue weighted by molar-refractivity contribution is -0.122. The van der Waals surface area contributed by atoms with E-state index in [9.17, 15) is 13.2 Å². The predicted octanol–water partition coefficient (Wildman–Crippen LogP) is 0.460. The van der Waals surface area contributed by atoms with Crippen LogP contribution in [-0.2, 0) is 14.6 Å². The van der Waals surface area contributed by atoms with Gasteiger partial charge in [-0.05, 0) is 51.1 Å². The van der Waals surface area contributed by atoms with Gasteiger partial charge in [0, 0.05) is 12.5 Å². The van der Waals surface area contributed by atoms with Crippen molar-refractivity contribution in [2.75, 3.05) is 24.6 Å². The molecule has 0 atom stereocenters. The van der Waals surface area contributed by atoms with Gasteiger partial charge in [-0.1, -0.05) is 0 Å². The number of hydrogen-bond acceptors (Lipinski definition) is 4. The standard InChI is InChI=1S/C13H24N2O3S/c16-13(2-1-11-3-7-14-8-4-11)15-12-5-9-19(17,18)10-6-12/h11-12,14H,1-10H2,(H,15,16). The van der Waals surface area contributed by atoms with E-state index in [1.54, 1.807) is 0 Å². The molecule has 5 nitrogen and oxygen atoms in total. The molecule has 2 saturated heterocycles. The molecule has 1 amide bonds. The highest BCUT2D eigenvalue weighted by molar-refractivity contribution is 7.91. The Bertz CT molecular complexity index is 388. The van der Waals surface area contributed by atoms with Crippen molar-refractivity contribution in [1.29, 1.82) is 0 Å². The topological polar surface area (TPSA) is 75.3 Å². The van der Waals surface area contributed by atoms with Crippen molar-refractivity contribution in [2.45, 2.75) is 44.6 Å². The third-order valence-corrected chi connectivity index (χ3v) is 5.87. The number of hydrogen-bond donors (Lipinski definition) is 2. The summed E-state index contributed by atoms with van der Waals surface area (Å²) in [4.78, 5) is 11.8. The normalized spacial score (nSPS) is 25.1. The summed E-state index contributed by atoms with van der Waals surface area (Å²) in [6.45, 7) is 2.12. The van der Waals surface area contributed by atoms with Crippen molar-refractivity contribution in [3.8, 4) is 0 Å². The molecule has 2 rings (SSSR count). The van der Waals surface area contributed by atoms with Crippen LogP contribution in [0.1, 0.15) is 38.5 Å². The zero-order chi connectivity index (χ0) is 13.7. The summed E-state index contributed by atoms with van der Waals surface area (Å²) in [5, 5.41) is 6.30. The minimum atomic E-state index is -2.84. The van der Waals surface area contributed by atoms with E-state index in [0.717, 1.165) is 32.4 Å². The first-order valence-electron chi connectivity index (χ1n) is 7.26. The maximum absolute atomic E-state index is 11.8. The summed E-state index contributed by atoms with van der Waals surface area (Å²) >= 11 is 0. The maximum atomic E-state index is 11.8. The molecule has 2 fully saturated rings. The summed E-state index contributed by atoms with van der Waals surface area (Å²) < 4.78 is 22.6. The quantitative estimate of drug-likeness (QED) is 0.788. The fraction of sp³-hybridized carbons (Fsp3) is 0.923. The van der Waals surface area contributed by atoms with E-state index in [2.05, 4.69) is 10.6 Å². The van der Waals surface area contributed by atoms with Crippen molar-refractivity contribution in [2.24, 2.45) is 5.92 Å². The third kappa shape index (κ3) is 5.10. The average molecular weight is 288 g/mol. The minimum Gasteiger partial charge on any atom is -0.353 e. The predicted molar refractivity (Wildman–Crippen MR) is 74.6 cm³/mol. The van der Waals surface area contributed by atoms with Gasteiger partial charge in [0.1, 0.15) is 9.84 Å². The minimum absolute atomic E-state index is 0.0593. The van der Waals surface area contributed by atoms with Crippen molar-refractivity contribution >= 4 is 15.7 Å². The molecule has 0 bridgehead atoms. The largest absolute Gasteiger partial charge is 0.353 e. The van der Waals surface area contributed by atoms with Crippen molar-refractivity contribution in [1.82, 2.24) is 10.6 Å². The van der Waals surface area contributed by atoms with Crippen molar-refractivity contribution in [3.05, 3.63) is 0 Å². The van der Waals surface area contributed by atoms with Crippen LogP contribution in [-0.4, -0.2) is 45.0 Å². The Morgan fingerprint density at radius 1 is 1.11 bits per heavy atom. The van der Waals surface area contributed by atoms with Gasteiger partial charge in [-0.2, -0.15) is 0 Å². The average Bonchev–Trinajstić information content (AvgIpc) is 2.40. The fourth-order valence-electron chi connectivity index (χ4n) is 2.84. The van der Waals surface area contributed by atoms with Crippen LogP contribution in [0.5, 0.6) is 0 Å². The molecule has 0 aliphatic carbocycles. The molecule has 2 heterocycles. The molecule has 0 saturated carbocycles. The highest BCUT2D eigenvalue weighted by atomic mass is 32.2. The second-order valence-corrected chi connectivity index (χ2v) is 8.03. The number of sulfone groups is 1.